The second-order valence-corrected chi connectivity index (χ2v) is 7.99. The molecule has 0 saturated carbocycles. The minimum atomic E-state index is -0.438. The van der Waals surface area contributed by atoms with Crippen LogP contribution in [0.3, 0.4) is 0 Å². The predicted molar refractivity (Wildman–Crippen MR) is 118 cm³/mol. The fraction of sp³-hybridized carbons (Fsp3) is 0.261. The molecular weight excluding hydrogens is 419 g/mol. The Morgan fingerprint density at radius 3 is 2.74 bits per heavy atom. The zero-order valence-corrected chi connectivity index (χ0v) is 17.6. The van der Waals surface area contributed by atoms with E-state index in [0.717, 1.165) is 24.9 Å². The summed E-state index contributed by atoms with van der Waals surface area (Å²) in [5.41, 5.74) is 0.999. The van der Waals surface area contributed by atoms with Crippen LogP contribution in [0.5, 0.6) is 0 Å². The first-order valence-corrected chi connectivity index (χ1v) is 10.5. The Balaban J connectivity index is 1.45. The van der Waals surface area contributed by atoms with E-state index in [1.54, 1.807) is 24.3 Å². The third-order valence-corrected chi connectivity index (χ3v) is 5.59. The van der Waals surface area contributed by atoms with E-state index in [-0.39, 0.29) is 17.4 Å². The van der Waals surface area contributed by atoms with Crippen LogP contribution in [0.2, 0.25) is 5.02 Å². The van der Waals surface area contributed by atoms with Gasteiger partial charge in [0.2, 0.25) is 5.91 Å². The van der Waals surface area contributed by atoms with Crippen molar-refractivity contribution in [3.8, 4) is 5.69 Å². The lowest BCUT2D eigenvalue weighted by Crippen LogP contribution is -2.43. The number of nitrogens with one attached hydrogen (secondary N) is 1. The van der Waals surface area contributed by atoms with Gasteiger partial charge in [0, 0.05) is 30.7 Å². The average molecular weight is 441 g/mol. The van der Waals surface area contributed by atoms with Crippen molar-refractivity contribution in [3.63, 3.8) is 0 Å². The summed E-state index contributed by atoms with van der Waals surface area (Å²) in [4.78, 5) is 27.0. The van der Waals surface area contributed by atoms with Crippen molar-refractivity contribution in [2.24, 2.45) is 5.92 Å². The monoisotopic (exact) mass is 440 g/mol. The number of aromatic nitrogens is 2. The maximum absolute atomic E-state index is 13.6. The van der Waals surface area contributed by atoms with Crippen LogP contribution in [0.1, 0.15) is 18.4 Å². The molecule has 1 aliphatic rings. The Kier molecular flexibility index (Phi) is 6.32. The molecule has 0 spiro atoms. The molecule has 1 aliphatic heterocycles. The molecule has 31 heavy (non-hydrogen) atoms. The number of carbonyl (C=O) groups is 1. The number of hydrogen-bond acceptors (Lipinski definition) is 4. The van der Waals surface area contributed by atoms with Crippen molar-refractivity contribution in [2.75, 3.05) is 18.0 Å². The molecule has 160 valence electrons. The van der Waals surface area contributed by atoms with Gasteiger partial charge < -0.3 is 10.2 Å². The topological polar surface area (TPSA) is 67.2 Å². The van der Waals surface area contributed by atoms with Crippen LogP contribution in [-0.2, 0) is 11.3 Å². The highest BCUT2D eigenvalue weighted by molar-refractivity contribution is 6.30. The van der Waals surface area contributed by atoms with E-state index in [2.05, 4.69) is 10.4 Å². The van der Waals surface area contributed by atoms with E-state index < -0.39 is 5.82 Å². The van der Waals surface area contributed by atoms with Crippen LogP contribution in [0, 0.1) is 11.7 Å². The Morgan fingerprint density at radius 1 is 1.16 bits per heavy atom. The van der Waals surface area contributed by atoms with Crippen LogP contribution >= 0.6 is 11.6 Å². The summed E-state index contributed by atoms with van der Waals surface area (Å²) in [6.07, 6.45) is 1.62. The van der Waals surface area contributed by atoms with Crippen molar-refractivity contribution < 1.29 is 9.18 Å². The van der Waals surface area contributed by atoms with Crippen LogP contribution in [0.15, 0.2) is 65.5 Å². The molecule has 1 saturated heterocycles. The van der Waals surface area contributed by atoms with Gasteiger partial charge in [-0.2, -0.15) is 4.68 Å². The van der Waals surface area contributed by atoms with E-state index >= 15 is 0 Å². The normalized spacial score (nSPS) is 16.2. The third-order valence-electron chi connectivity index (χ3n) is 5.34. The Hall–Kier alpha value is -3.19. The molecule has 1 N–H and O–H groups in total. The second kappa shape index (κ2) is 9.31. The predicted octanol–water partition coefficient (Wildman–Crippen LogP) is 3.56. The molecule has 1 aromatic heterocycles. The third kappa shape index (κ3) is 5.11. The molecule has 2 heterocycles. The molecule has 3 aromatic rings. The van der Waals surface area contributed by atoms with Gasteiger partial charge in [-0.15, -0.1) is 5.10 Å². The minimum Gasteiger partial charge on any atom is -0.354 e. The van der Waals surface area contributed by atoms with Gasteiger partial charge in [0.05, 0.1) is 11.6 Å². The standard InChI is InChI=1S/C23H22ClFN4O2/c24-18-8-6-16(7-9-18)14-26-23(31)17-3-2-12-28(15-17)21-10-11-22(30)29(27-21)20-5-1-4-19(25)13-20/h1,4-11,13,17H,2-3,12,14-15H2,(H,26,31). The molecule has 8 heteroatoms. The molecule has 4 rings (SSSR count). The number of benzene rings is 2. The average Bonchev–Trinajstić information content (AvgIpc) is 2.79. The summed E-state index contributed by atoms with van der Waals surface area (Å²) < 4.78 is 14.8. The zero-order valence-electron chi connectivity index (χ0n) is 16.8. The van der Waals surface area contributed by atoms with Crippen LogP contribution < -0.4 is 15.8 Å². The van der Waals surface area contributed by atoms with E-state index in [9.17, 15) is 14.0 Å². The molecule has 1 unspecified atom stereocenters. The lowest BCUT2D eigenvalue weighted by atomic mass is 9.97. The first-order chi connectivity index (χ1) is 15.0. The maximum atomic E-state index is 13.6. The Bertz CT molecular complexity index is 1130. The number of carbonyl (C=O) groups excluding carboxylic acids is 1. The number of nitrogens with zero attached hydrogens (tertiary/aromatic N) is 3. The summed E-state index contributed by atoms with van der Waals surface area (Å²) in [5.74, 6) is -0.0541. The van der Waals surface area contributed by atoms with Crippen LogP contribution in [0.25, 0.3) is 5.69 Å². The van der Waals surface area contributed by atoms with Crippen molar-refractivity contribution in [3.05, 3.63) is 87.4 Å². The van der Waals surface area contributed by atoms with Crippen molar-refractivity contribution in [1.82, 2.24) is 15.1 Å². The largest absolute Gasteiger partial charge is 0.354 e. The number of rotatable bonds is 5. The van der Waals surface area contributed by atoms with Gasteiger partial charge in [0.25, 0.3) is 5.56 Å². The summed E-state index contributed by atoms with van der Waals surface area (Å²) in [6.45, 7) is 1.67. The molecular formula is C23H22ClFN4O2. The van der Waals surface area contributed by atoms with Crippen molar-refractivity contribution in [1.29, 1.82) is 0 Å². The molecule has 1 atom stereocenters. The van der Waals surface area contributed by atoms with E-state index in [0.29, 0.717) is 29.6 Å². The molecule has 0 radical (unpaired) electrons. The first-order valence-electron chi connectivity index (χ1n) is 10.1. The number of hydrogen-bond donors (Lipinski definition) is 1. The summed E-state index contributed by atoms with van der Waals surface area (Å²) in [7, 11) is 0. The Morgan fingerprint density at radius 2 is 1.97 bits per heavy atom. The number of amides is 1. The zero-order chi connectivity index (χ0) is 21.8. The summed E-state index contributed by atoms with van der Waals surface area (Å²) in [5, 5.41) is 8.07. The van der Waals surface area contributed by atoms with Gasteiger partial charge in [0.1, 0.15) is 11.6 Å². The van der Waals surface area contributed by atoms with Crippen molar-refractivity contribution in [2.45, 2.75) is 19.4 Å². The fourth-order valence-electron chi connectivity index (χ4n) is 3.70. The molecule has 2 aromatic carbocycles. The van der Waals surface area contributed by atoms with E-state index in [4.69, 9.17) is 11.6 Å². The van der Waals surface area contributed by atoms with Gasteiger partial charge in [-0.1, -0.05) is 29.8 Å². The Labute approximate surface area is 184 Å². The maximum Gasteiger partial charge on any atom is 0.271 e. The fourth-order valence-corrected chi connectivity index (χ4v) is 3.82. The molecule has 1 fully saturated rings. The highest BCUT2D eigenvalue weighted by atomic mass is 35.5. The highest BCUT2D eigenvalue weighted by Crippen LogP contribution is 2.22. The SMILES string of the molecule is O=C(NCc1ccc(Cl)cc1)C1CCCN(c2ccc(=O)n(-c3cccc(F)c3)n2)C1. The van der Waals surface area contributed by atoms with Gasteiger partial charge in [-0.05, 0) is 54.8 Å². The van der Waals surface area contributed by atoms with Gasteiger partial charge in [-0.3, -0.25) is 9.59 Å². The quantitative estimate of drug-likeness (QED) is 0.658. The number of piperidine rings is 1. The minimum absolute atomic E-state index is 0.0156. The first kappa shape index (κ1) is 21.1. The highest BCUT2D eigenvalue weighted by Gasteiger charge is 2.26. The lowest BCUT2D eigenvalue weighted by Gasteiger charge is -2.33. The lowest BCUT2D eigenvalue weighted by molar-refractivity contribution is -0.125. The summed E-state index contributed by atoms with van der Waals surface area (Å²) >= 11 is 5.90. The number of halogens is 2. The molecule has 0 aliphatic carbocycles. The van der Waals surface area contributed by atoms with Crippen LogP contribution in [0.4, 0.5) is 10.2 Å². The number of anilines is 1. The molecule has 6 nitrogen and oxygen atoms in total. The smallest absolute Gasteiger partial charge is 0.271 e. The summed E-state index contributed by atoms with van der Waals surface area (Å²) in [6, 6.07) is 16.2. The van der Waals surface area contributed by atoms with Gasteiger partial charge in [-0.25, -0.2) is 4.39 Å². The molecule has 1 amide bonds. The van der Waals surface area contributed by atoms with Crippen molar-refractivity contribution >= 4 is 23.3 Å². The molecule has 0 bridgehead atoms. The van der Waals surface area contributed by atoms with Crippen LogP contribution in [-0.4, -0.2) is 28.8 Å². The van der Waals surface area contributed by atoms with E-state index in [1.807, 2.05) is 17.0 Å². The van der Waals surface area contributed by atoms with Gasteiger partial charge in [0.15, 0.2) is 0 Å². The van der Waals surface area contributed by atoms with Gasteiger partial charge >= 0.3 is 0 Å². The van der Waals surface area contributed by atoms with E-state index in [1.165, 1.54) is 28.9 Å². The second-order valence-electron chi connectivity index (χ2n) is 7.55.